The summed E-state index contributed by atoms with van der Waals surface area (Å²) in [4.78, 5) is 17.4. The first-order valence-corrected chi connectivity index (χ1v) is 6.90. The van der Waals surface area contributed by atoms with Crippen LogP contribution in [0, 0.1) is 0 Å². The van der Waals surface area contributed by atoms with Crippen LogP contribution in [-0.4, -0.2) is 34.3 Å². The Morgan fingerprint density at radius 1 is 1.19 bits per heavy atom. The Hall–Kier alpha value is -0.125. The van der Waals surface area contributed by atoms with E-state index in [0.29, 0.717) is 0 Å². The van der Waals surface area contributed by atoms with Gasteiger partial charge in [-0.25, -0.2) is 0 Å². The second-order valence-corrected chi connectivity index (χ2v) is 6.59. The van der Waals surface area contributed by atoms with Crippen LogP contribution in [0.5, 0.6) is 0 Å². The number of hydrogen-bond donors (Lipinski definition) is 2. The topological polar surface area (TPSA) is 76.0 Å². The van der Waals surface area contributed by atoms with Crippen LogP contribution in [0.1, 0.15) is 27.7 Å². The standard InChI is InChI=1S/C9H18BO5P/c1-8(2)9(3,4)15-10(14-8)6-5-7-16(11,12)13/h5-6H,7H2,1-4H3,(H2,11,12,13)/b6-5+. The predicted octanol–water partition coefficient (Wildman–Crippen LogP) is 1.35. The maximum Gasteiger partial charge on any atom is 0.486 e. The van der Waals surface area contributed by atoms with Crippen LogP contribution in [0.3, 0.4) is 0 Å². The molecule has 0 amide bonds. The van der Waals surface area contributed by atoms with Gasteiger partial charge in [0.1, 0.15) is 0 Å². The third kappa shape index (κ3) is 3.44. The first-order chi connectivity index (χ1) is 7.04. The molecule has 7 heteroatoms. The molecule has 0 aromatic heterocycles. The summed E-state index contributed by atoms with van der Waals surface area (Å²) in [6.45, 7) is 7.68. The van der Waals surface area contributed by atoms with Crippen molar-refractivity contribution in [2.45, 2.75) is 38.9 Å². The van der Waals surface area contributed by atoms with E-state index in [-0.39, 0.29) is 6.16 Å². The molecule has 1 fully saturated rings. The Bertz CT molecular complexity index is 317. The van der Waals surface area contributed by atoms with Crippen molar-refractivity contribution < 1.29 is 23.7 Å². The van der Waals surface area contributed by atoms with E-state index in [1.165, 1.54) is 12.1 Å². The number of rotatable bonds is 3. The molecule has 0 aliphatic carbocycles. The van der Waals surface area contributed by atoms with E-state index >= 15 is 0 Å². The molecule has 5 nitrogen and oxygen atoms in total. The van der Waals surface area contributed by atoms with Gasteiger partial charge in [-0.3, -0.25) is 4.57 Å². The Kier molecular flexibility index (Phi) is 3.73. The SMILES string of the molecule is CC1(C)OB(/C=C/CP(=O)(O)O)OC1(C)C. The molecule has 0 atom stereocenters. The Balaban J connectivity index is 2.58. The summed E-state index contributed by atoms with van der Waals surface area (Å²) in [6.07, 6.45) is 1.10. The quantitative estimate of drug-likeness (QED) is 0.582. The average molecular weight is 248 g/mol. The minimum atomic E-state index is -3.98. The summed E-state index contributed by atoms with van der Waals surface area (Å²) in [7, 11) is -4.53. The van der Waals surface area contributed by atoms with Crippen LogP contribution >= 0.6 is 7.60 Å². The minimum absolute atomic E-state index is 0.295. The molecule has 0 spiro atoms. The van der Waals surface area contributed by atoms with Gasteiger partial charge in [0, 0.05) is 0 Å². The maximum absolute atomic E-state index is 10.6. The summed E-state index contributed by atoms with van der Waals surface area (Å²) in [5.74, 6) is 1.54. The Morgan fingerprint density at radius 2 is 1.62 bits per heavy atom. The molecule has 0 bridgehead atoms. The van der Waals surface area contributed by atoms with Crippen molar-refractivity contribution in [1.29, 1.82) is 0 Å². The van der Waals surface area contributed by atoms with Gasteiger partial charge in [-0.2, -0.15) is 0 Å². The van der Waals surface area contributed by atoms with Crippen molar-refractivity contribution in [3.63, 3.8) is 0 Å². The van der Waals surface area contributed by atoms with Gasteiger partial charge in [-0.1, -0.05) is 12.1 Å². The highest BCUT2D eigenvalue weighted by atomic mass is 31.2. The third-order valence-corrected chi connectivity index (χ3v) is 3.59. The zero-order chi connectivity index (χ0) is 12.6. The predicted molar refractivity (Wildman–Crippen MR) is 62.1 cm³/mol. The van der Waals surface area contributed by atoms with E-state index in [1.807, 2.05) is 27.7 Å². The van der Waals surface area contributed by atoms with Crippen LogP contribution in [-0.2, 0) is 13.9 Å². The number of allylic oxidation sites excluding steroid dienone is 1. The van der Waals surface area contributed by atoms with Crippen molar-refractivity contribution in [2.75, 3.05) is 6.16 Å². The van der Waals surface area contributed by atoms with E-state index in [0.717, 1.165) is 0 Å². The third-order valence-electron chi connectivity index (χ3n) is 2.91. The zero-order valence-corrected chi connectivity index (χ0v) is 10.9. The maximum atomic E-state index is 10.6. The molecule has 0 saturated carbocycles. The summed E-state index contributed by atoms with van der Waals surface area (Å²) < 4.78 is 21.9. The average Bonchev–Trinajstić information content (AvgIpc) is 2.17. The highest BCUT2D eigenvalue weighted by Crippen LogP contribution is 2.37. The van der Waals surface area contributed by atoms with Crippen molar-refractivity contribution in [3.8, 4) is 0 Å². The first kappa shape index (κ1) is 13.9. The lowest BCUT2D eigenvalue weighted by Gasteiger charge is -2.32. The fourth-order valence-corrected chi connectivity index (χ4v) is 1.67. The summed E-state index contributed by atoms with van der Waals surface area (Å²) >= 11 is 0. The molecular weight excluding hydrogens is 230 g/mol. The fourth-order valence-electron chi connectivity index (χ4n) is 1.28. The van der Waals surface area contributed by atoms with Crippen LogP contribution in [0.2, 0.25) is 0 Å². The van der Waals surface area contributed by atoms with Crippen molar-refractivity contribution >= 4 is 14.7 Å². The summed E-state index contributed by atoms with van der Waals surface area (Å²) in [5, 5.41) is 0. The van der Waals surface area contributed by atoms with Crippen molar-refractivity contribution in [3.05, 3.63) is 12.1 Å². The molecule has 0 unspecified atom stereocenters. The minimum Gasteiger partial charge on any atom is -0.400 e. The molecule has 1 aliphatic rings. The van der Waals surface area contributed by atoms with Crippen LogP contribution in [0.15, 0.2) is 12.1 Å². The normalized spacial score (nSPS) is 24.2. The van der Waals surface area contributed by atoms with Gasteiger partial charge in [-0.05, 0) is 27.7 Å². The highest BCUT2D eigenvalue weighted by molar-refractivity contribution is 7.51. The van der Waals surface area contributed by atoms with Gasteiger partial charge in [0.2, 0.25) is 0 Å². The second-order valence-electron chi connectivity index (χ2n) is 4.90. The van der Waals surface area contributed by atoms with Gasteiger partial charge in [0.25, 0.3) is 0 Å². The van der Waals surface area contributed by atoms with Crippen LogP contribution in [0.4, 0.5) is 0 Å². The fraction of sp³-hybridized carbons (Fsp3) is 0.778. The Morgan fingerprint density at radius 3 is 2.00 bits per heavy atom. The smallest absolute Gasteiger partial charge is 0.400 e. The van der Waals surface area contributed by atoms with Crippen molar-refractivity contribution in [2.24, 2.45) is 0 Å². The Labute approximate surface area is 96.1 Å². The van der Waals surface area contributed by atoms with Gasteiger partial charge < -0.3 is 19.1 Å². The molecule has 2 N–H and O–H groups in total. The van der Waals surface area contributed by atoms with E-state index in [9.17, 15) is 4.57 Å². The van der Waals surface area contributed by atoms with Crippen LogP contribution in [0.25, 0.3) is 0 Å². The molecule has 92 valence electrons. The van der Waals surface area contributed by atoms with Crippen LogP contribution < -0.4 is 0 Å². The second kappa shape index (κ2) is 4.28. The summed E-state index contributed by atoms with van der Waals surface area (Å²) in [5.41, 5.74) is -0.853. The molecule has 0 radical (unpaired) electrons. The lowest BCUT2D eigenvalue weighted by atomic mass is 9.90. The molecule has 1 saturated heterocycles. The first-order valence-electron chi connectivity index (χ1n) is 5.10. The van der Waals surface area contributed by atoms with E-state index in [1.54, 1.807) is 0 Å². The highest BCUT2D eigenvalue weighted by Gasteiger charge is 2.49. The van der Waals surface area contributed by atoms with E-state index in [2.05, 4.69) is 0 Å². The van der Waals surface area contributed by atoms with Gasteiger partial charge in [0.15, 0.2) is 0 Å². The monoisotopic (exact) mass is 248 g/mol. The molecule has 1 rings (SSSR count). The van der Waals surface area contributed by atoms with E-state index < -0.39 is 25.9 Å². The lowest BCUT2D eigenvalue weighted by Crippen LogP contribution is -2.41. The molecule has 0 aromatic carbocycles. The zero-order valence-electron chi connectivity index (χ0n) is 10.0. The van der Waals surface area contributed by atoms with Crippen molar-refractivity contribution in [1.82, 2.24) is 0 Å². The number of hydrogen-bond acceptors (Lipinski definition) is 3. The molecule has 16 heavy (non-hydrogen) atoms. The van der Waals surface area contributed by atoms with Gasteiger partial charge in [-0.15, -0.1) is 0 Å². The van der Waals surface area contributed by atoms with Gasteiger partial charge in [0.05, 0.1) is 17.4 Å². The molecular formula is C9H18BO5P. The largest absolute Gasteiger partial charge is 0.486 e. The molecule has 1 heterocycles. The molecule has 0 aromatic rings. The van der Waals surface area contributed by atoms with Gasteiger partial charge >= 0.3 is 14.7 Å². The van der Waals surface area contributed by atoms with E-state index in [4.69, 9.17) is 19.1 Å². The lowest BCUT2D eigenvalue weighted by molar-refractivity contribution is 0.00578. The molecule has 1 aliphatic heterocycles. The summed E-state index contributed by atoms with van der Waals surface area (Å²) in [6, 6.07) is 0.